The highest BCUT2D eigenvalue weighted by Gasteiger charge is 2.30. The molecule has 1 atom stereocenters. The molecule has 0 spiro atoms. The summed E-state index contributed by atoms with van der Waals surface area (Å²) in [5.41, 5.74) is 0.144. The first-order chi connectivity index (χ1) is 7.07. The van der Waals surface area contributed by atoms with Gasteiger partial charge in [0.2, 0.25) is 0 Å². The first-order valence-corrected chi connectivity index (χ1v) is 4.55. The predicted octanol–water partition coefficient (Wildman–Crippen LogP) is 3.68. The highest BCUT2D eigenvalue weighted by Crippen LogP contribution is 2.32. The van der Waals surface area contributed by atoms with Crippen LogP contribution in [-0.4, -0.2) is 0 Å². The maximum atomic E-state index is 12.3. The van der Waals surface area contributed by atoms with E-state index in [0.29, 0.717) is 6.42 Å². The fraction of sp³-hybridized carbons (Fsp3) is 0.273. The van der Waals surface area contributed by atoms with Crippen LogP contribution in [0.3, 0.4) is 0 Å². The van der Waals surface area contributed by atoms with Crippen molar-refractivity contribution in [3.8, 4) is 0 Å². The SMILES string of the molecule is FC(F)(F)c1ccc(C2CC=CO2)cc1. The highest BCUT2D eigenvalue weighted by atomic mass is 19.4. The minimum Gasteiger partial charge on any atom is -0.493 e. The average molecular weight is 214 g/mol. The van der Waals surface area contributed by atoms with Crippen molar-refractivity contribution in [2.24, 2.45) is 0 Å². The topological polar surface area (TPSA) is 9.23 Å². The van der Waals surface area contributed by atoms with Gasteiger partial charge in [0.15, 0.2) is 0 Å². The summed E-state index contributed by atoms with van der Waals surface area (Å²) in [6.45, 7) is 0. The minimum atomic E-state index is -4.27. The molecule has 2 rings (SSSR count). The number of halogens is 3. The van der Waals surface area contributed by atoms with Gasteiger partial charge in [-0.1, -0.05) is 12.1 Å². The van der Waals surface area contributed by atoms with Crippen LogP contribution in [0.25, 0.3) is 0 Å². The first kappa shape index (κ1) is 10.1. The minimum absolute atomic E-state index is 0.132. The maximum Gasteiger partial charge on any atom is 0.416 e. The van der Waals surface area contributed by atoms with Crippen molar-refractivity contribution in [3.63, 3.8) is 0 Å². The number of rotatable bonds is 1. The Morgan fingerprint density at radius 1 is 1.13 bits per heavy atom. The fourth-order valence-electron chi connectivity index (χ4n) is 1.49. The lowest BCUT2D eigenvalue weighted by atomic mass is 10.1. The van der Waals surface area contributed by atoms with Gasteiger partial charge < -0.3 is 4.74 Å². The molecule has 0 fully saturated rings. The molecule has 0 aromatic heterocycles. The molecule has 0 amide bonds. The maximum absolute atomic E-state index is 12.3. The molecule has 15 heavy (non-hydrogen) atoms. The summed E-state index contributed by atoms with van der Waals surface area (Å²) in [6.07, 6.45) is -0.268. The second kappa shape index (κ2) is 3.61. The Bertz CT molecular complexity index is 356. The molecule has 0 aliphatic carbocycles. The number of hydrogen-bond donors (Lipinski definition) is 0. The molecular weight excluding hydrogens is 205 g/mol. The van der Waals surface area contributed by atoms with Crippen LogP contribution in [0.15, 0.2) is 36.6 Å². The standard InChI is InChI=1S/C11H9F3O/c12-11(13,14)9-5-3-8(4-6-9)10-2-1-7-15-10/h1,3-7,10H,2H2. The van der Waals surface area contributed by atoms with E-state index >= 15 is 0 Å². The molecule has 0 N–H and O–H groups in total. The summed E-state index contributed by atoms with van der Waals surface area (Å²) < 4.78 is 42.0. The van der Waals surface area contributed by atoms with Crippen molar-refractivity contribution in [2.75, 3.05) is 0 Å². The molecule has 0 saturated carbocycles. The number of hydrogen-bond acceptors (Lipinski definition) is 1. The van der Waals surface area contributed by atoms with Gasteiger partial charge in [-0.25, -0.2) is 0 Å². The first-order valence-electron chi connectivity index (χ1n) is 4.55. The molecule has 4 heteroatoms. The van der Waals surface area contributed by atoms with Gasteiger partial charge in [-0.2, -0.15) is 13.2 Å². The van der Waals surface area contributed by atoms with Gasteiger partial charge in [0, 0.05) is 6.42 Å². The van der Waals surface area contributed by atoms with E-state index in [1.165, 1.54) is 12.1 Å². The zero-order chi connectivity index (χ0) is 10.9. The molecular formula is C11H9F3O. The van der Waals surface area contributed by atoms with Crippen molar-refractivity contribution < 1.29 is 17.9 Å². The number of benzene rings is 1. The van der Waals surface area contributed by atoms with Crippen molar-refractivity contribution in [3.05, 3.63) is 47.7 Å². The van der Waals surface area contributed by atoms with Gasteiger partial charge in [0.25, 0.3) is 0 Å². The Morgan fingerprint density at radius 2 is 1.80 bits per heavy atom. The Balaban J connectivity index is 2.17. The van der Waals surface area contributed by atoms with E-state index < -0.39 is 11.7 Å². The molecule has 1 aromatic carbocycles. The molecule has 1 nitrogen and oxygen atoms in total. The van der Waals surface area contributed by atoms with Crippen LogP contribution in [0, 0.1) is 0 Å². The average Bonchev–Trinajstić information content (AvgIpc) is 2.69. The molecule has 0 radical (unpaired) electrons. The largest absolute Gasteiger partial charge is 0.493 e. The molecule has 1 aliphatic rings. The molecule has 1 heterocycles. The quantitative estimate of drug-likeness (QED) is 0.692. The van der Waals surface area contributed by atoms with Gasteiger partial charge in [0.05, 0.1) is 11.8 Å². The van der Waals surface area contributed by atoms with Gasteiger partial charge in [-0.05, 0) is 23.8 Å². The Labute approximate surface area is 85.2 Å². The monoisotopic (exact) mass is 214 g/mol. The smallest absolute Gasteiger partial charge is 0.416 e. The lowest BCUT2D eigenvalue weighted by Crippen LogP contribution is -2.05. The molecule has 0 bridgehead atoms. The van der Waals surface area contributed by atoms with Crippen LogP contribution in [0.4, 0.5) is 13.2 Å². The number of ether oxygens (including phenoxy) is 1. The molecule has 1 aromatic rings. The van der Waals surface area contributed by atoms with Crippen LogP contribution < -0.4 is 0 Å². The zero-order valence-corrected chi connectivity index (χ0v) is 7.79. The van der Waals surface area contributed by atoms with Crippen LogP contribution in [0.2, 0.25) is 0 Å². The summed E-state index contributed by atoms with van der Waals surface area (Å²) in [4.78, 5) is 0. The van der Waals surface area contributed by atoms with Gasteiger partial charge >= 0.3 is 6.18 Å². The Morgan fingerprint density at radius 3 is 2.27 bits per heavy atom. The normalized spacial score (nSPS) is 20.3. The molecule has 80 valence electrons. The summed E-state index contributed by atoms with van der Waals surface area (Å²) in [7, 11) is 0. The summed E-state index contributed by atoms with van der Waals surface area (Å²) in [5, 5.41) is 0. The molecule has 1 unspecified atom stereocenters. The third kappa shape index (κ3) is 2.14. The van der Waals surface area contributed by atoms with Crippen molar-refractivity contribution in [1.82, 2.24) is 0 Å². The van der Waals surface area contributed by atoms with E-state index in [-0.39, 0.29) is 6.10 Å². The van der Waals surface area contributed by atoms with Gasteiger partial charge in [0.1, 0.15) is 6.10 Å². The second-order valence-electron chi connectivity index (χ2n) is 3.35. The van der Waals surface area contributed by atoms with Crippen molar-refractivity contribution in [2.45, 2.75) is 18.7 Å². The fourth-order valence-corrected chi connectivity index (χ4v) is 1.49. The lowest BCUT2D eigenvalue weighted by molar-refractivity contribution is -0.137. The van der Waals surface area contributed by atoms with Crippen molar-refractivity contribution >= 4 is 0 Å². The van der Waals surface area contributed by atoms with E-state index in [0.717, 1.165) is 17.7 Å². The highest BCUT2D eigenvalue weighted by molar-refractivity contribution is 5.27. The number of alkyl halides is 3. The van der Waals surface area contributed by atoms with E-state index in [1.807, 2.05) is 6.08 Å². The molecule has 0 saturated heterocycles. The predicted molar refractivity (Wildman–Crippen MR) is 49.0 cm³/mol. The third-order valence-electron chi connectivity index (χ3n) is 2.30. The van der Waals surface area contributed by atoms with E-state index in [2.05, 4.69) is 0 Å². The summed E-state index contributed by atoms with van der Waals surface area (Å²) in [5.74, 6) is 0. The van der Waals surface area contributed by atoms with Crippen molar-refractivity contribution in [1.29, 1.82) is 0 Å². The second-order valence-corrected chi connectivity index (χ2v) is 3.35. The van der Waals surface area contributed by atoms with Gasteiger partial charge in [-0.15, -0.1) is 0 Å². The summed E-state index contributed by atoms with van der Waals surface area (Å²) >= 11 is 0. The Hall–Kier alpha value is -1.45. The third-order valence-corrected chi connectivity index (χ3v) is 2.30. The van der Waals surface area contributed by atoms with E-state index in [9.17, 15) is 13.2 Å². The van der Waals surface area contributed by atoms with Crippen LogP contribution >= 0.6 is 0 Å². The van der Waals surface area contributed by atoms with Crippen LogP contribution in [0.5, 0.6) is 0 Å². The molecule has 1 aliphatic heterocycles. The van der Waals surface area contributed by atoms with Gasteiger partial charge in [-0.3, -0.25) is 0 Å². The van der Waals surface area contributed by atoms with Crippen LogP contribution in [-0.2, 0) is 10.9 Å². The van der Waals surface area contributed by atoms with Crippen LogP contribution in [0.1, 0.15) is 23.7 Å². The lowest BCUT2D eigenvalue weighted by Gasteiger charge is -2.12. The van der Waals surface area contributed by atoms with E-state index in [1.54, 1.807) is 6.26 Å². The van der Waals surface area contributed by atoms with E-state index in [4.69, 9.17) is 4.74 Å². The Kier molecular flexibility index (Phi) is 2.42. The zero-order valence-electron chi connectivity index (χ0n) is 7.79. The summed E-state index contributed by atoms with van der Waals surface area (Å²) in [6, 6.07) is 5.08.